The smallest absolute Gasteiger partial charge is 0.0134 e. The van der Waals surface area contributed by atoms with Crippen LogP contribution in [-0.4, -0.2) is 0 Å². The van der Waals surface area contributed by atoms with Gasteiger partial charge in [0.25, 0.3) is 0 Å². The lowest BCUT2D eigenvalue weighted by Gasteiger charge is -2.19. The van der Waals surface area contributed by atoms with Crippen molar-refractivity contribution in [3.05, 3.63) is 90.5 Å². The number of halogens is 1. The molecule has 22 heavy (non-hydrogen) atoms. The average molecular weight is 418 g/mol. The molecule has 0 aliphatic heterocycles. The van der Waals surface area contributed by atoms with Gasteiger partial charge >= 0.3 is 0 Å². The van der Waals surface area contributed by atoms with Crippen LogP contribution in [0.15, 0.2) is 84.9 Å². The molecule has 0 amide bonds. The lowest BCUT2D eigenvalue weighted by atomic mass is 10.2. The average Bonchev–Trinajstić information content (AvgIpc) is 2.58. The van der Waals surface area contributed by atoms with Crippen molar-refractivity contribution >= 4 is 47.8 Å². The minimum atomic E-state index is -0.463. The highest BCUT2D eigenvalue weighted by Crippen LogP contribution is 2.32. The highest BCUT2D eigenvalue weighted by molar-refractivity contribution is 14.0. The maximum absolute atomic E-state index is 2.30. The zero-order valence-electron chi connectivity index (χ0n) is 12.6. The molecule has 0 aliphatic carbocycles. The van der Waals surface area contributed by atoms with Crippen molar-refractivity contribution in [3.8, 4) is 0 Å². The summed E-state index contributed by atoms with van der Waals surface area (Å²) in [6.45, 7) is 2.20. The van der Waals surface area contributed by atoms with E-state index in [4.69, 9.17) is 0 Å². The second-order valence-electron chi connectivity index (χ2n) is 5.03. The van der Waals surface area contributed by atoms with E-state index in [2.05, 4.69) is 91.9 Å². The van der Waals surface area contributed by atoms with Gasteiger partial charge < -0.3 is 0 Å². The highest BCUT2D eigenvalue weighted by Gasteiger charge is 2.15. The van der Waals surface area contributed by atoms with Crippen LogP contribution in [0.1, 0.15) is 12.5 Å². The SMILES string of the molecule is CCc1ccc(P(c2ccccc2)c2ccccc2)cc1.I. The second-order valence-corrected chi connectivity index (χ2v) is 7.25. The predicted octanol–water partition coefficient (Wildman–Crippen LogP) is 4.63. The largest absolute Gasteiger partial charge is 0.107 e. The van der Waals surface area contributed by atoms with Crippen LogP contribution in [-0.2, 0) is 6.42 Å². The summed E-state index contributed by atoms with van der Waals surface area (Å²) in [5.74, 6) is 0. The van der Waals surface area contributed by atoms with Gasteiger partial charge in [-0.15, -0.1) is 24.0 Å². The van der Waals surface area contributed by atoms with Gasteiger partial charge in [0.15, 0.2) is 0 Å². The van der Waals surface area contributed by atoms with Crippen molar-refractivity contribution in [3.63, 3.8) is 0 Å². The number of aryl methyl sites for hydroxylation is 1. The molecule has 0 heterocycles. The topological polar surface area (TPSA) is 0 Å². The van der Waals surface area contributed by atoms with Gasteiger partial charge in [0.2, 0.25) is 0 Å². The molecule has 3 rings (SSSR count). The van der Waals surface area contributed by atoms with Gasteiger partial charge in [-0.1, -0.05) is 91.9 Å². The summed E-state index contributed by atoms with van der Waals surface area (Å²) in [4.78, 5) is 0. The third-order valence-electron chi connectivity index (χ3n) is 3.63. The van der Waals surface area contributed by atoms with Crippen molar-refractivity contribution in [2.24, 2.45) is 0 Å². The van der Waals surface area contributed by atoms with Crippen LogP contribution in [0.25, 0.3) is 0 Å². The van der Waals surface area contributed by atoms with Crippen LogP contribution in [0.3, 0.4) is 0 Å². The van der Waals surface area contributed by atoms with Gasteiger partial charge in [-0.05, 0) is 35.8 Å². The highest BCUT2D eigenvalue weighted by atomic mass is 127. The Morgan fingerprint density at radius 3 is 1.41 bits per heavy atom. The zero-order chi connectivity index (χ0) is 14.5. The Kier molecular flexibility index (Phi) is 6.60. The molecule has 0 atom stereocenters. The Morgan fingerprint density at radius 2 is 1.00 bits per heavy atom. The number of rotatable bonds is 4. The Labute approximate surface area is 151 Å². The molecule has 0 aromatic heterocycles. The van der Waals surface area contributed by atoms with E-state index in [-0.39, 0.29) is 24.0 Å². The molecule has 3 aromatic rings. The molecule has 0 saturated carbocycles. The molecule has 0 bridgehead atoms. The van der Waals surface area contributed by atoms with Crippen molar-refractivity contribution in [2.75, 3.05) is 0 Å². The first-order valence-electron chi connectivity index (χ1n) is 7.37. The van der Waals surface area contributed by atoms with Crippen molar-refractivity contribution in [1.82, 2.24) is 0 Å². The molecular formula is C20H20IP. The molecule has 0 fully saturated rings. The van der Waals surface area contributed by atoms with Gasteiger partial charge in [-0.2, -0.15) is 0 Å². The summed E-state index contributed by atoms with van der Waals surface area (Å²) < 4.78 is 0. The fourth-order valence-electron chi connectivity index (χ4n) is 2.48. The van der Waals surface area contributed by atoms with Crippen LogP contribution in [0, 0.1) is 0 Å². The third-order valence-corrected chi connectivity index (χ3v) is 6.08. The fourth-order valence-corrected chi connectivity index (χ4v) is 4.76. The van der Waals surface area contributed by atoms with Crippen LogP contribution >= 0.6 is 31.9 Å². The minimum absolute atomic E-state index is 0. The van der Waals surface area contributed by atoms with E-state index in [0.29, 0.717) is 0 Å². The standard InChI is InChI=1S/C20H19P.HI/c1-2-17-13-15-20(16-14-17)21(18-9-5-3-6-10-18)19-11-7-4-8-12-19;/h3-16H,2H2,1H3;1H. The van der Waals surface area contributed by atoms with Gasteiger partial charge in [0, 0.05) is 0 Å². The maximum Gasteiger partial charge on any atom is -0.0134 e. The summed E-state index contributed by atoms with van der Waals surface area (Å²) >= 11 is 0. The quantitative estimate of drug-likeness (QED) is 0.429. The molecule has 0 saturated heterocycles. The Hall–Kier alpha value is -1.18. The number of hydrogen-bond donors (Lipinski definition) is 0. The molecule has 0 aliphatic rings. The summed E-state index contributed by atoms with van der Waals surface area (Å²) in [6, 6.07) is 30.8. The Bertz CT molecular complexity index is 638. The summed E-state index contributed by atoms with van der Waals surface area (Å²) in [6.07, 6.45) is 1.09. The molecule has 0 N–H and O–H groups in total. The first kappa shape index (κ1) is 17.2. The van der Waals surface area contributed by atoms with Gasteiger partial charge in [-0.25, -0.2) is 0 Å². The molecule has 2 heteroatoms. The van der Waals surface area contributed by atoms with Crippen LogP contribution in [0.2, 0.25) is 0 Å². The lowest BCUT2D eigenvalue weighted by molar-refractivity contribution is 1.14. The zero-order valence-corrected chi connectivity index (χ0v) is 15.9. The second kappa shape index (κ2) is 8.45. The van der Waals surface area contributed by atoms with E-state index in [1.165, 1.54) is 21.5 Å². The Balaban J connectivity index is 0.00000176. The molecule has 0 spiro atoms. The van der Waals surface area contributed by atoms with E-state index in [1.807, 2.05) is 0 Å². The van der Waals surface area contributed by atoms with Crippen molar-refractivity contribution in [1.29, 1.82) is 0 Å². The van der Waals surface area contributed by atoms with E-state index in [9.17, 15) is 0 Å². The van der Waals surface area contributed by atoms with E-state index < -0.39 is 7.92 Å². The first-order chi connectivity index (χ1) is 10.4. The summed E-state index contributed by atoms with van der Waals surface area (Å²) in [5, 5.41) is 4.23. The summed E-state index contributed by atoms with van der Waals surface area (Å²) in [5.41, 5.74) is 1.40. The maximum atomic E-state index is 2.30. The fraction of sp³-hybridized carbons (Fsp3) is 0.100. The molecule has 0 unspecified atom stereocenters. The Morgan fingerprint density at radius 1 is 0.591 bits per heavy atom. The predicted molar refractivity (Wildman–Crippen MR) is 110 cm³/mol. The van der Waals surface area contributed by atoms with Crippen LogP contribution in [0.5, 0.6) is 0 Å². The lowest BCUT2D eigenvalue weighted by Crippen LogP contribution is -2.20. The number of hydrogen-bond acceptors (Lipinski definition) is 0. The van der Waals surface area contributed by atoms with E-state index >= 15 is 0 Å². The van der Waals surface area contributed by atoms with Crippen LogP contribution in [0.4, 0.5) is 0 Å². The van der Waals surface area contributed by atoms with Crippen LogP contribution < -0.4 is 15.9 Å². The summed E-state index contributed by atoms with van der Waals surface area (Å²) in [7, 11) is -0.463. The molecule has 0 nitrogen and oxygen atoms in total. The third kappa shape index (κ3) is 3.97. The molecule has 3 aromatic carbocycles. The first-order valence-corrected chi connectivity index (χ1v) is 8.72. The van der Waals surface area contributed by atoms with Gasteiger partial charge in [0.1, 0.15) is 0 Å². The molecule has 112 valence electrons. The van der Waals surface area contributed by atoms with Crippen molar-refractivity contribution < 1.29 is 0 Å². The van der Waals surface area contributed by atoms with Gasteiger partial charge in [-0.3, -0.25) is 0 Å². The van der Waals surface area contributed by atoms with Gasteiger partial charge in [0.05, 0.1) is 0 Å². The van der Waals surface area contributed by atoms with E-state index in [0.717, 1.165) is 6.42 Å². The molecule has 0 radical (unpaired) electrons. The van der Waals surface area contributed by atoms with E-state index in [1.54, 1.807) is 0 Å². The minimum Gasteiger partial charge on any atom is -0.107 e. The normalized spacial score (nSPS) is 10.3. The van der Waals surface area contributed by atoms with Crippen molar-refractivity contribution in [2.45, 2.75) is 13.3 Å². The monoisotopic (exact) mass is 418 g/mol. The molecular weight excluding hydrogens is 398 g/mol. The number of benzene rings is 3.